The van der Waals surface area contributed by atoms with Gasteiger partial charge in [-0.1, -0.05) is 33.6 Å². The number of rotatable bonds is 5. The van der Waals surface area contributed by atoms with E-state index in [1.54, 1.807) is 24.0 Å². The Kier molecular flexibility index (Phi) is 5.63. The molecular weight excluding hydrogens is 444 g/mol. The van der Waals surface area contributed by atoms with Crippen LogP contribution in [0.15, 0.2) is 71.2 Å². The predicted octanol–water partition coefficient (Wildman–Crippen LogP) is 5.15. The second-order valence-electron chi connectivity index (χ2n) is 6.74. The number of benzene rings is 3. The fourth-order valence-corrected chi connectivity index (χ4v) is 3.35. The highest BCUT2D eigenvalue weighted by Crippen LogP contribution is 2.24. The smallest absolute Gasteiger partial charge is 0.248 e. The van der Waals surface area contributed by atoms with E-state index < -0.39 is 0 Å². The van der Waals surface area contributed by atoms with Crippen molar-refractivity contribution in [1.29, 1.82) is 0 Å². The lowest BCUT2D eigenvalue weighted by atomic mass is 10.2. The molecule has 1 aromatic heterocycles. The number of ether oxygens (including phenoxy) is 1. The van der Waals surface area contributed by atoms with Crippen LogP contribution in [0.2, 0.25) is 0 Å². The van der Waals surface area contributed by atoms with E-state index in [0.29, 0.717) is 17.0 Å². The van der Waals surface area contributed by atoms with Gasteiger partial charge in [-0.25, -0.2) is 0 Å². The topological polar surface area (TPSA) is 69.0 Å². The molecule has 6 nitrogen and oxygen atoms in total. The first kappa shape index (κ1) is 19.8. The van der Waals surface area contributed by atoms with Crippen molar-refractivity contribution in [1.82, 2.24) is 15.0 Å². The first-order chi connectivity index (χ1) is 14.5. The van der Waals surface area contributed by atoms with E-state index in [1.165, 1.54) is 11.6 Å². The largest absolute Gasteiger partial charge is 0.496 e. The summed E-state index contributed by atoms with van der Waals surface area (Å²) in [7, 11) is 1.60. The van der Waals surface area contributed by atoms with Gasteiger partial charge < -0.3 is 10.1 Å². The number of hydrogen-bond donors (Lipinski definition) is 1. The summed E-state index contributed by atoms with van der Waals surface area (Å²) in [6, 6.07) is 19.0. The van der Waals surface area contributed by atoms with Crippen LogP contribution in [0.5, 0.6) is 5.75 Å². The predicted molar refractivity (Wildman–Crippen MR) is 122 cm³/mol. The molecule has 0 spiro atoms. The van der Waals surface area contributed by atoms with Crippen LogP contribution in [0.1, 0.15) is 11.1 Å². The van der Waals surface area contributed by atoms with Crippen LogP contribution >= 0.6 is 15.9 Å². The molecule has 3 aromatic carbocycles. The Morgan fingerprint density at radius 1 is 1.03 bits per heavy atom. The number of aromatic nitrogens is 3. The van der Waals surface area contributed by atoms with Gasteiger partial charge in [-0.15, -0.1) is 10.2 Å². The molecule has 30 heavy (non-hydrogen) atoms. The van der Waals surface area contributed by atoms with Crippen LogP contribution in [0.25, 0.3) is 22.8 Å². The summed E-state index contributed by atoms with van der Waals surface area (Å²) in [6.07, 6.45) is 3.18. The quantitative estimate of drug-likeness (QED) is 0.416. The summed E-state index contributed by atoms with van der Waals surface area (Å²) in [6.45, 7) is 2.03. The zero-order valence-electron chi connectivity index (χ0n) is 16.5. The van der Waals surface area contributed by atoms with Gasteiger partial charge in [0.25, 0.3) is 0 Å². The first-order valence-electron chi connectivity index (χ1n) is 9.28. The van der Waals surface area contributed by atoms with E-state index in [1.807, 2.05) is 61.5 Å². The second kappa shape index (κ2) is 8.51. The van der Waals surface area contributed by atoms with Crippen LogP contribution in [0, 0.1) is 6.92 Å². The fraction of sp³-hybridized carbons (Fsp3) is 0.0870. The summed E-state index contributed by atoms with van der Waals surface area (Å²) in [5.41, 5.74) is 4.96. The summed E-state index contributed by atoms with van der Waals surface area (Å²) in [5.74, 6) is 0.443. The van der Waals surface area contributed by atoms with Gasteiger partial charge in [0.05, 0.1) is 12.8 Å². The maximum Gasteiger partial charge on any atom is 0.248 e. The molecule has 0 aliphatic carbocycles. The minimum atomic E-state index is -0.248. The molecule has 4 aromatic rings. The average molecular weight is 463 g/mol. The van der Waals surface area contributed by atoms with Crippen molar-refractivity contribution in [3.05, 3.63) is 82.3 Å². The lowest BCUT2D eigenvalue weighted by molar-refractivity contribution is -0.111. The monoisotopic (exact) mass is 462 g/mol. The highest BCUT2D eigenvalue weighted by Gasteiger charge is 2.07. The second-order valence-corrected chi connectivity index (χ2v) is 7.65. The first-order valence-corrected chi connectivity index (χ1v) is 10.1. The molecule has 0 saturated heterocycles. The number of anilines is 1. The van der Waals surface area contributed by atoms with Gasteiger partial charge in [-0.3, -0.25) is 4.79 Å². The van der Waals surface area contributed by atoms with E-state index in [9.17, 15) is 4.79 Å². The van der Waals surface area contributed by atoms with Crippen LogP contribution < -0.4 is 10.1 Å². The molecule has 0 fully saturated rings. The molecule has 1 heterocycles. The molecule has 0 radical (unpaired) electrons. The van der Waals surface area contributed by atoms with Crippen molar-refractivity contribution in [2.24, 2.45) is 0 Å². The fourth-order valence-electron chi connectivity index (χ4n) is 2.97. The van der Waals surface area contributed by atoms with Crippen molar-refractivity contribution in [2.75, 3.05) is 12.4 Å². The number of amides is 1. The van der Waals surface area contributed by atoms with Gasteiger partial charge in [-0.2, -0.15) is 4.80 Å². The van der Waals surface area contributed by atoms with Crippen molar-refractivity contribution in [3.8, 4) is 11.4 Å². The third-order valence-corrected chi connectivity index (χ3v) is 5.01. The molecule has 0 bridgehead atoms. The number of methoxy groups -OCH3 is 1. The number of halogens is 1. The number of aryl methyl sites for hydroxylation is 1. The molecule has 4 rings (SSSR count). The van der Waals surface area contributed by atoms with E-state index >= 15 is 0 Å². The summed E-state index contributed by atoms with van der Waals surface area (Å²) in [4.78, 5) is 14.0. The molecule has 0 unspecified atom stereocenters. The van der Waals surface area contributed by atoms with Gasteiger partial charge in [0.15, 0.2) is 0 Å². The van der Waals surface area contributed by atoms with Gasteiger partial charge in [0.2, 0.25) is 5.91 Å². The Balaban J connectivity index is 1.52. The number of hydrogen-bond acceptors (Lipinski definition) is 4. The molecule has 0 saturated carbocycles. The SMILES string of the molecule is COc1ccc(Br)cc1C=CC(=O)Nc1ccc2nn(-c3ccc(C)cc3)nc2c1. The zero-order chi connectivity index (χ0) is 21.1. The van der Waals surface area contributed by atoms with Crippen LogP contribution in [-0.2, 0) is 4.79 Å². The maximum absolute atomic E-state index is 12.4. The van der Waals surface area contributed by atoms with E-state index in [2.05, 4.69) is 31.4 Å². The molecular formula is C23H19BrN4O2. The molecule has 0 aliphatic heterocycles. The maximum atomic E-state index is 12.4. The Labute approximate surface area is 182 Å². The lowest BCUT2D eigenvalue weighted by Gasteiger charge is -2.05. The highest BCUT2D eigenvalue weighted by atomic mass is 79.9. The molecule has 150 valence electrons. The average Bonchev–Trinajstić information content (AvgIpc) is 3.16. The molecule has 0 atom stereocenters. The van der Waals surface area contributed by atoms with Crippen LogP contribution in [0.3, 0.4) is 0 Å². The minimum Gasteiger partial charge on any atom is -0.496 e. The molecule has 1 N–H and O–H groups in total. The summed E-state index contributed by atoms with van der Waals surface area (Å²) in [5, 5.41) is 11.9. The van der Waals surface area contributed by atoms with Crippen LogP contribution in [-0.4, -0.2) is 28.0 Å². The Morgan fingerprint density at radius 2 is 1.80 bits per heavy atom. The minimum absolute atomic E-state index is 0.248. The van der Waals surface area contributed by atoms with Crippen LogP contribution in [0.4, 0.5) is 5.69 Å². The Hall–Kier alpha value is -3.45. The van der Waals surface area contributed by atoms with Crippen molar-refractivity contribution in [3.63, 3.8) is 0 Å². The van der Waals surface area contributed by atoms with Crippen molar-refractivity contribution < 1.29 is 9.53 Å². The summed E-state index contributed by atoms with van der Waals surface area (Å²) < 4.78 is 6.23. The van der Waals surface area contributed by atoms with E-state index in [-0.39, 0.29) is 5.91 Å². The van der Waals surface area contributed by atoms with Gasteiger partial charge in [0, 0.05) is 21.8 Å². The molecule has 7 heteroatoms. The number of carbonyl (C=O) groups excluding carboxylic acids is 1. The number of carbonyl (C=O) groups is 1. The normalized spacial score (nSPS) is 11.2. The lowest BCUT2D eigenvalue weighted by Crippen LogP contribution is -2.07. The standard InChI is InChI=1S/C23H19BrN4O2/c1-15-3-8-19(9-4-15)28-26-20-10-7-18(14-21(20)27-28)25-23(29)12-5-16-13-17(24)6-11-22(16)30-2/h3-14H,1-2H3,(H,25,29). The Morgan fingerprint density at radius 3 is 2.57 bits per heavy atom. The van der Waals surface area contributed by atoms with Crippen molar-refractivity contribution >= 4 is 44.6 Å². The third kappa shape index (κ3) is 4.41. The number of fused-ring (bicyclic) bond motifs is 1. The number of nitrogens with zero attached hydrogens (tertiary/aromatic N) is 3. The van der Waals surface area contributed by atoms with Crippen molar-refractivity contribution in [2.45, 2.75) is 6.92 Å². The Bertz CT molecular complexity index is 1250. The third-order valence-electron chi connectivity index (χ3n) is 4.52. The zero-order valence-corrected chi connectivity index (χ0v) is 18.1. The van der Waals surface area contributed by atoms with E-state index in [0.717, 1.165) is 21.2 Å². The highest BCUT2D eigenvalue weighted by molar-refractivity contribution is 9.10. The molecule has 0 aliphatic rings. The van der Waals surface area contributed by atoms with Gasteiger partial charge in [-0.05, 0) is 61.5 Å². The van der Waals surface area contributed by atoms with E-state index in [4.69, 9.17) is 4.74 Å². The van der Waals surface area contributed by atoms with Gasteiger partial charge in [0.1, 0.15) is 16.8 Å². The molecule has 1 amide bonds. The number of nitrogens with one attached hydrogen (secondary N) is 1. The summed E-state index contributed by atoms with van der Waals surface area (Å²) >= 11 is 3.43. The van der Waals surface area contributed by atoms with Gasteiger partial charge >= 0.3 is 0 Å².